The van der Waals surface area contributed by atoms with Gasteiger partial charge in [-0.2, -0.15) is 13.5 Å². The van der Waals surface area contributed by atoms with Crippen LogP contribution >= 0.6 is 23.2 Å². The van der Waals surface area contributed by atoms with Gasteiger partial charge < -0.3 is 0 Å². The minimum Gasteiger partial charge on any atom is -0.272 e. The van der Waals surface area contributed by atoms with Gasteiger partial charge in [-0.3, -0.25) is 9.82 Å². The second-order valence-corrected chi connectivity index (χ2v) is 5.22. The molecule has 0 amide bonds. The van der Waals surface area contributed by atoms with E-state index in [1.54, 1.807) is 0 Å². The van der Waals surface area contributed by atoms with Crippen LogP contribution < -0.4 is 4.72 Å². The summed E-state index contributed by atoms with van der Waals surface area (Å²) < 4.78 is 25.8. The van der Waals surface area contributed by atoms with Gasteiger partial charge in [-0.1, -0.05) is 23.2 Å². The Morgan fingerprint density at radius 1 is 1.24 bits per heavy atom. The number of hydrogen-bond donors (Lipinski definition) is 2. The van der Waals surface area contributed by atoms with Crippen LogP contribution in [-0.4, -0.2) is 28.6 Å². The molecular formula is C7H5Cl2N5O2S. The van der Waals surface area contributed by atoms with E-state index in [4.69, 9.17) is 23.2 Å². The Bertz CT molecular complexity index is 607. The predicted molar refractivity (Wildman–Crippen MR) is 61.4 cm³/mol. The second kappa shape index (κ2) is 4.47. The van der Waals surface area contributed by atoms with Gasteiger partial charge in [0.05, 0.1) is 6.20 Å². The number of halogens is 2. The van der Waals surface area contributed by atoms with Crippen molar-refractivity contribution in [3.63, 3.8) is 0 Å². The fraction of sp³-hybridized carbons (Fsp3) is 0. The number of nitrogens with one attached hydrogen (secondary N) is 2. The van der Waals surface area contributed by atoms with E-state index in [1.165, 1.54) is 12.3 Å². The predicted octanol–water partition coefficient (Wildman–Crippen LogP) is 1.31. The lowest BCUT2D eigenvalue weighted by molar-refractivity contribution is 0.597. The number of H-pyrrole nitrogens is 1. The number of sulfonamides is 1. The van der Waals surface area contributed by atoms with Gasteiger partial charge in [0.25, 0.3) is 10.0 Å². The fourth-order valence-electron chi connectivity index (χ4n) is 1.01. The molecule has 2 aromatic heterocycles. The molecule has 10 heteroatoms. The molecule has 0 radical (unpaired) electrons. The Hall–Kier alpha value is -1.38. The van der Waals surface area contributed by atoms with Gasteiger partial charge in [0.2, 0.25) is 0 Å². The summed E-state index contributed by atoms with van der Waals surface area (Å²) in [5, 5.41) is 5.55. The van der Waals surface area contributed by atoms with E-state index in [0.717, 1.165) is 6.33 Å². The molecule has 0 saturated heterocycles. The van der Waals surface area contributed by atoms with Crippen molar-refractivity contribution in [1.82, 2.24) is 20.2 Å². The Kier molecular flexibility index (Phi) is 3.18. The molecule has 2 aromatic rings. The van der Waals surface area contributed by atoms with Gasteiger partial charge in [-0.25, -0.2) is 9.97 Å². The van der Waals surface area contributed by atoms with Crippen LogP contribution in [0.5, 0.6) is 0 Å². The zero-order valence-electron chi connectivity index (χ0n) is 8.05. The molecule has 0 spiro atoms. The molecular weight excluding hydrogens is 289 g/mol. The summed E-state index contributed by atoms with van der Waals surface area (Å²) in [4.78, 5) is 7.25. The fourth-order valence-corrected chi connectivity index (χ4v) is 2.52. The average molecular weight is 294 g/mol. The smallest absolute Gasteiger partial charge is 0.272 e. The van der Waals surface area contributed by atoms with Gasteiger partial charge in [-0.05, 0) is 6.07 Å². The normalized spacial score (nSPS) is 11.4. The van der Waals surface area contributed by atoms with Gasteiger partial charge in [-0.15, -0.1) is 0 Å². The molecule has 0 aromatic carbocycles. The van der Waals surface area contributed by atoms with Crippen molar-refractivity contribution < 1.29 is 8.42 Å². The van der Waals surface area contributed by atoms with Gasteiger partial charge in [0.15, 0.2) is 15.3 Å². The van der Waals surface area contributed by atoms with Gasteiger partial charge in [0.1, 0.15) is 12.0 Å². The van der Waals surface area contributed by atoms with E-state index in [0.29, 0.717) is 0 Å². The largest absolute Gasteiger partial charge is 0.279 e. The molecule has 7 nitrogen and oxygen atoms in total. The minimum atomic E-state index is -3.83. The summed E-state index contributed by atoms with van der Waals surface area (Å²) >= 11 is 11.4. The topological polar surface area (TPSA) is 101 Å². The first-order valence-corrected chi connectivity index (χ1v) is 6.43. The molecule has 2 heterocycles. The quantitative estimate of drug-likeness (QED) is 0.831. The maximum absolute atomic E-state index is 11.8. The molecule has 0 unspecified atom stereocenters. The number of anilines is 1. The summed E-state index contributed by atoms with van der Waals surface area (Å²) in [5.74, 6) is 0. The molecule has 0 aliphatic rings. The third-order valence-corrected chi connectivity index (χ3v) is 3.61. The molecule has 0 fully saturated rings. The average Bonchev–Trinajstić information content (AvgIpc) is 2.77. The van der Waals surface area contributed by atoms with Gasteiger partial charge >= 0.3 is 0 Å². The number of aromatic nitrogens is 4. The van der Waals surface area contributed by atoms with E-state index in [9.17, 15) is 8.42 Å². The van der Waals surface area contributed by atoms with Crippen molar-refractivity contribution in [2.75, 3.05) is 4.72 Å². The first kappa shape index (κ1) is 12.1. The molecule has 2 rings (SSSR count). The van der Waals surface area contributed by atoms with Crippen LogP contribution in [-0.2, 0) is 10.0 Å². The van der Waals surface area contributed by atoms with Crippen LogP contribution in [0.4, 0.5) is 5.69 Å². The molecule has 0 saturated carbocycles. The third kappa shape index (κ3) is 2.48. The van der Waals surface area contributed by atoms with Crippen molar-refractivity contribution in [3.8, 4) is 0 Å². The van der Waals surface area contributed by atoms with E-state index in [-0.39, 0.29) is 21.0 Å². The Morgan fingerprint density at radius 2 is 1.88 bits per heavy atom. The number of aromatic amines is 1. The van der Waals surface area contributed by atoms with Crippen LogP contribution in [0.1, 0.15) is 0 Å². The summed E-state index contributed by atoms with van der Waals surface area (Å²) in [6.07, 6.45) is 2.43. The maximum atomic E-state index is 11.8. The lowest BCUT2D eigenvalue weighted by Crippen LogP contribution is -2.14. The van der Waals surface area contributed by atoms with E-state index in [1.807, 2.05) is 0 Å². The molecule has 0 bridgehead atoms. The highest BCUT2D eigenvalue weighted by atomic mass is 35.5. The van der Waals surface area contributed by atoms with Crippen molar-refractivity contribution >= 4 is 38.9 Å². The monoisotopic (exact) mass is 293 g/mol. The number of rotatable bonds is 3. The van der Waals surface area contributed by atoms with E-state index < -0.39 is 10.0 Å². The van der Waals surface area contributed by atoms with Crippen LogP contribution in [0.3, 0.4) is 0 Å². The SMILES string of the molecule is O=S(=O)(Nc1c(Cl)ncnc1Cl)c1ccn[nH]1. The highest BCUT2D eigenvalue weighted by Gasteiger charge is 2.19. The third-order valence-electron chi connectivity index (χ3n) is 1.76. The standard InChI is InChI=1S/C7H5Cl2N5O2S/c8-6-5(7(9)11-3-10-6)14-17(15,16)4-1-2-12-13-4/h1-3,14H,(H,12,13). The molecule has 0 atom stereocenters. The Morgan fingerprint density at radius 3 is 2.41 bits per heavy atom. The molecule has 17 heavy (non-hydrogen) atoms. The van der Waals surface area contributed by atoms with Crippen LogP contribution in [0.25, 0.3) is 0 Å². The van der Waals surface area contributed by atoms with Crippen LogP contribution in [0.15, 0.2) is 23.6 Å². The van der Waals surface area contributed by atoms with Crippen molar-refractivity contribution in [2.24, 2.45) is 0 Å². The van der Waals surface area contributed by atoms with Crippen molar-refractivity contribution in [3.05, 3.63) is 28.9 Å². The lowest BCUT2D eigenvalue weighted by atomic mass is 10.6. The number of nitrogens with zero attached hydrogens (tertiary/aromatic N) is 3. The van der Waals surface area contributed by atoms with E-state index in [2.05, 4.69) is 24.9 Å². The summed E-state index contributed by atoms with van der Waals surface area (Å²) in [6, 6.07) is 1.29. The summed E-state index contributed by atoms with van der Waals surface area (Å²) in [7, 11) is -3.83. The first-order valence-electron chi connectivity index (χ1n) is 4.19. The van der Waals surface area contributed by atoms with Crippen molar-refractivity contribution in [1.29, 1.82) is 0 Å². The van der Waals surface area contributed by atoms with Crippen LogP contribution in [0.2, 0.25) is 10.3 Å². The van der Waals surface area contributed by atoms with Gasteiger partial charge in [0, 0.05) is 0 Å². The lowest BCUT2D eigenvalue weighted by Gasteiger charge is -2.07. The Labute approximate surface area is 106 Å². The molecule has 2 N–H and O–H groups in total. The maximum Gasteiger partial charge on any atom is 0.279 e. The minimum absolute atomic E-state index is 0.0783. The summed E-state index contributed by atoms with van der Waals surface area (Å²) in [5.41, 5.74) is -0.0783. The summed E-state index contributed by atoms with van der Waals surface area (Å²) in [6.45, 7) is 0. The molecule has 90 valence electrons. The Balaban J connectivity index is 2.40. The van der Waals surface area contributed by atoms with E-state index >= 15 is 0 Å². The zero-order valence-corrected chi connectivity index (χ0v) is 10.4. The van der Waals surface area contributed by atoms with Crippen molar-refractivity contribution in [2.45, 2.75) is 5.03 Å². The number of hydrogen-bond acceptors (Lipinski definition) is 5. The zero-order chi connectivity index (χ0) is 12.5. The molecule has 0 aliphatic heterocycles. The van der Waals surface area contributed by atoms with Crippen LogP contribution in [0, 0.1) is 0 Å². The first-order chi connectivity index (χ1) is 8.00. The molecule has 0 aliphatic carbocycles. The second-order valence-electron chi connectivity index (χ2n) is 2.86. The highest BCUT2D eigenvalue weighted by molar-refractivity contribution is 7.92. The highest BCUT2D eigenvalue weighted by Crippen LogP contribution is 2.27.